The van der Waals surface area contributed by atoms with Gasteiger partial charge in [-0.05, 0) is 17.5 Å². The lowest BCUT2D eigenvalue weighted by atomic mass is 9.97. The zero-order valence-corrected chi connectivity index (χ0v) is 11.0. The van der Waals surface area contributed by atoms with Crippen molar-refractivity contribution in [3.05, 3.63) is 36.0 Å². The summed E-state index contributed by atoms with van der Waals surface area (Å²) in [6.45, 7) is 3.22. The zero-order valence-electron chi connectivity index (χ0n) is 11.0. The average molecular weight is 259 g/mol. The Morgan fingerprint density at radius 1 is 1.37 bits per heavy atom. The molecule has 0 saturated carbocycles. The summed E-state index contributed by atoms with van der Waals surface area (Å²) >= 11 is 0. The van der Waals surface area contributed by atoms with E-state index in [9.17, 15) is 9.59 Å². The van der Waals surface area contributed by atoms with Crippen LogP contribution in [0.5, 0.6) is 0 Å². The third-order valence-corrected chi connectivity index (χ3v) is 3.24. The Morgan fingerprint density at radius 3 is 2.74 bits per heavy atom. The number of aromatic amines is 1. The van der Waals surface area contributed by atoms with Crippen LogP contribution in [0.1, 0.15) is 31.7 Å². The number of hydrogen-bond donors (Lipinski definition) is 2. The van der Waals surface area contributed by atoms with Gasteiger partial charge in [-0.1, -0.05) is 25.1 Å². The lowest BCUT2D eigenvalue weighted by molar-refractivity contribution is -0.144. The summed E-state index contributed by atoms with van der Waals surface area (Å²) < 4.78 is 0. The number of nitrogens with one attached hydrogen (secondary N) is 1. The Labute approximate surface area is 111 Å². The minimum Gasteiger partial charge on any atom is -0.361 e. The number of amides is 2. The molecule has 0 aliphatic rings. The van der Waals surface area contributed by atoms with Gasteiger partial charge in [-0.2, -0.15) is 0 Å². The second-order valence-corrected chi connectivity index (χ2v) is 4.68. The number of nitrogens with zero attached hydrogens (tertiary/aromatic N) is 1. The number of aromatic nitrogens is 1. The third-order valence-electron chi connectivity index (χ3n) is 3.24. The minimum absolute atomic E-state index is 0.00551. The predicted octanol–water partition coefficient (Wildman–Crippen LogP) is 1.91. The van der Waals surface area contributed by atoms with Gasteiger partial charge >= 0.3 is 0 Å². The number of carbonyl (C=O) groups excluding carboxylic acids is 2. The summed E-state index contributed by atoms with van der Waals surface area (Å²) in [5.74, 6) is 4.58. The molecule has 1 atom stereocenters. The maximum absolute atomic E-state index is 11.8. The Bertz CT molecular complexity index is 618. The SMILES string of the molecule is CC(=O)N(N)C(=O)CC(C)c1c[nH]c2ccccc12. The number of para-hydroxylation sites is 1. The van der Waals surface area contributed by atoms with Gasteiger partial charge in [0, 0.05) is 30.4 Å². The van der Waals surface area contributed by atoms with Crippen LogP contribution >= 0.6 is 0 Å². The van der Waals surface area contributed by atoms with Crippen LogP contribution in [-0.4, -0.2) is 21.8 Å². The molecule has 1 heterocycles. The molecule has 3 N–H and O–H groups in total. The molecule has 1 aromatic carbocycles. The van der Waals surface area contributed by atoms with E-state index >= 15 is 0 Å². The average Bonchev–Trinajstić information content (AvgIpc) is 2.81. The van der Waals surface area contributed by atoms with Crippen LogP contribution in [0.4, 0.5) is 0 Å². The number of hydrazine groups is 1. The molecule has 19 heavy (non-hydrogen) atoms. The molecule has 0 aliphatic heterocycles. The smallest absolute Gasteiger partial charge is 0.244 e. The Hall–Kier alpha value is -2.14. The highest BCUT2D eigenvalue weighted by Gasteiger charge is 2.19. The van der Waals surface area contributed by atoms with E-state index in [0.29, 0.717) is 5.01 Å². The van der Waals surface area contributed by atoms with E-state index in [2.05, 4.69) is 4.98 Å². The summed E-state index contributed by atoms with van der Waals surface area (Å²) in [7, 11) is 0. The number of benzene rings is 1. The Morgan fingerprint density at radius 2 is 2.05 bits per heavy atom. The first-order valence-corrected chi connectivity index (χ1v) is 6.15. The van der Waals surface area contributed by atoms with E-state index in [1.165, 1.54) is 6.92 Å². The second kappa shape index (κ2) is 5.24. The van der Waals surface area contributed by atoms with Gasteiger partial charge in [0.1, 0.15) is 0 Å². The normalized spacial score (nSPS) is 12.4. The molecule has 2 rings (SSSR count). The quantitative estimate of drug-likeness (QED) is 0.502. The van der Waals surface area contributed by atoms with Gasteiger partial charge in [-0.25, -0.2) is 10.9 Å². The van der Waals surface area contributed by atoms with Crippen molar-refractivity contribution in [3.63, 3.8) is 0 Å². The van der Waals surface area contributed by atoms with E-state index in [0.717, 1.165) is 16.5 Å². The lowest BCUT2D eigenvalue weighted by Gasteiger charge is -2.15. The van der Waals surface area contributed by atoms with Gasteiger partial charge in [0.25, 0.3) is 0 Å². The lowest BCUT2D eigenvalue weighted by Crippen LogP contribution is -2.41. The first-order chi connectivity index (χ1) is 9.00. The van der Waals surface area contributed by atoms with Gasteiger partial charge in [-0.15, -0.1) is 0 Å². The molecular formula is C14H17N3O2. The number of imide groups is 1. The van der Waals surface area contributed by atoms with Crippen molar-refractivity contribution < 1.29 is 9.59 Å². The number of H-pyrrole nitrogens is 1. The van der Waals surface area contributed by atoms with E-state index in [1.54, 1.807) is 0 Å². The molecule has 2 amide bonds. The molecule has 0 bridgehead atoms. The monoisotopic (exact) mass is 259 g/mol. The van der Waals surface area contributed by atoms with Gasteiger partial charge < -0.3 is 4.98 Å². The molecule has 0 aliphatic carbocycles. The first-order valence-electron chi connectivity index (χ1n) is 6.15. The predicted molar refractivity (Wildman–Crippen MR) is 73.0 cm³/mol. The number of hydrogen-bond acceptors (Lipinski definition) is 3. The van der Waals surface area contributed by atoms with Crippen molar-refractivity contribution in [2.45, 2.75) is 26.2 Å². The van der Waals surface area contributed by atoms with Gasteiger partial charge in [0.15, 0.2) is 0 Å². The van der Waals surface area contributed by atoms with Gasteiger partial charge in [0.05, 0.1) is 0 Å². The molecule has 0 fully saturated rings. The van der Waals surface area contributed by atoms with Gasteiger partial charge in [-0.3, -0.25) is 9.59 Å². The second-order valence-electron chi connectivity index (χ2n) is 4.68. The maximum Gasteiger partial charge on any atom is 0.244 e. The highest BCUT2D eigenvalue weighted by Crippen LogP contribution is 2.27. The summed E-state index contributed by atoms with van der Waals surface area (Å²) in [6, 6.07) is 7.90. The fraction of sp³-hybridized carbons (Fsp3) is 0.286. The van der Waals surface area contributed by atoms with Crippen LogP contribution in [0, 0.1) is 0 Å². The van der Waals surface area contributed by atoms with Crippen LogP contribution in [0.2, 0.25) is 0 Å². The van der Waals surface area contributed by atoms with Crippen LogP contribution in [0.3, 0.4) is 0 Å². The van der Waals surface area contributed by atoms with Crippen molar-refractivity contribution in [1.82, 2.24) is 9.99 Å². The van der Waals surface area contributed by atoms with Gasteiger partial charge in [0.2, 0.25) is 11.8 Å². The molecule has 1 aromatic heterocycles. The summed E-state index contributed by atoms with van der Waals surface area (Å²) in [5.41, 5.74) is 2.09. The van der Waals surface area contributed by atoms with Crippen LogP contribution in [0.25, 0.3) is 10.9 Å². The molecule has 2 aromatic rings. The number of nitrogens with two attached hydrogens (primary N) is 1. The zero-order chi connectivity index (χ0) is 14.0. The fourth-order valence-electron chi connectivity index (χ4n) is 2.15. The van der Waals surface area contributed by atoms with Crippen LogP contribution < -0.4 is 5.84 Å². The van der Waals surface area contributed by atoms with Crippen molar-refractivity contribution in [2.24, 2.45) is 5.84 Å². The molecule has 0 spiro atoms. The fourth-order valence-corrected chi connectivity index (χ4v) is 2.15. The molecule has 100 valence electrons. The first kappa shape index (κ1) is 13.3. The summed E-state index contributed by atoms with van der Waals surface area (Å²) in [6.07, 6.45) is 2.11. The van der Waals surface area contributed by atoms with Crippen molar-refractivity contribution in [3.8, 4) is 0 Å². The van der Waals surface area contributed by atoms with Crippen LogP contribution in [-0.2, 0) is 9.59 Å². The number of fused-ring (bicyclic) bond motifs is 1. The standard InChI is InChI=1S/C14H17N3O2/c1-9(7-14(19)17(15)10(2)18)12-8-16-13-6-4-3-5-11(12)13/h3-6,8-9,16H,7,15H2,1-2H3. The van der Waals surface area contributed by atoms with E-state index < -0.39 is 5.91 Å². The highest BCUT2D eigenvalue weighted by molar-refractivity contribution is 5.94. The largest absolute Gasteiger partial charge is 0.361 e. The summed E-state index contributed by atoms with van der Waals surface area (Å²) in [4.78, 5) is 26.0. The van der Waals surface area contributed by atoms with E-state index in [-0.39, 0.29) is 18.2 Å². The van der Waals surface area contributed by atoms with Crippen molar-refractivity contribution >= 4 is 22.7 Å². The topological polar surface area (TPSA) is 79.2 Å². The van der Waals surface area contributed by atoms with Crippen molar-refractivity contribution in [1.29, 1.82) is 0 Å². The highest BCUT2D eigenvalue weighted by atomic mass is 16.2. The van der Waals surface area contributed by atoms with Crippen molar-refractivity contribution in [2.75, 3.05) is 0 Å². The summed E-state index contributed by atoms with van der Waals surface area (Å²) in [5, 5.41) is 1.76. The van der Waals surface area contributed by atoms with E-state index in [4.69, 9.17) is 5.84 Å². The Kier molecular flexibility index (Phi) is 3.66. The number of carbonyl (C=O) groups is 2. The molecular weight excluding hydrogens is 242 g/mol. The molecule has 1 unspecified atom stereocenters. The van der Waals surface area contributed by atoms with Crippen LogP contribution in [0.15, 0.2) is 30.5 Å². The number of rotatable bonds is 3. The molecule has 0 saturated heterocycles. The minimum atomic E-state index is -0.448. The van der Waals surface area contributed by atoms with E-state index in [1.807, 2.05) is 37.4 Å². The molecule has 5 nitrogen and oxygen atoms in total. The molecule has 5 heteroatoms. The third kappa shape index (κ3) is 2.66. The molecule has 0 radical (unpaired) electrons. The maximum atomic E-state index is 11.8. The Balaban J connectivity index is 2.18.